The summed E-state index contributed by atoms with van der Waals surface area (Å²) < 4.78 is 4.19. The molecule has 0 atom stereocenters. The van der Waals surface area contributed by atoms with E-state index in [1.807, 2.05) is 0 Å². The highest BCUT2D eigenvalue weighted by Crippen LogP contribution is 2.37. The molecule has 186 valence electrons. The number of hydrogen-bond donors (Lipinski definition) is 0. The van der Waals surface area contributed by atoms with Crippen LogP contribution in [0.4, 0.5) is 0 Å². The molecule has 1 saturated carbocycles. The van der Waals surface area contributed by atoms with E-state index in [9.17, 15) is 4.79 Å². The van der Waals surface area contributed by atoms with Crippen molar-refractivity contribution in [3.05, 3.63) is 106 Å². The minimum absolute atomic E-state index is 0.191. The lowest BCUT2D eigenvalue weighted by atomic mass is 9.85. The Morgan fingerprint density at radius 2 is 1.31 bits per heavy atom. The standard InChI is InChI=1S/C32H37N3O/c1-23-10-3-5-14-27(23)31(28-15-6-4-11-24(28)2)33-20-18-26(19-21-33)35-30-17-8-7-16-29(30)34(32(35)36)22-25-12-9-13-25/h3-8,10-11,14-17,25-26,31H,9,12-13,18-22H2,1-2H3. The van der Waals surface area contributed by atoms with Crippen molar-refractivity contribution in [1.82, 2.24) is 14.0 Å². The molecule has 0 amide bonds. The van der Waals surface area contributed by atoms with Crippen molar-refractivity contribution in [2.24, 2.45) is 5.92 Å². The average molecular weight is 480 g/mol. The fourth-order valence-corrected chi connectivity index (χ4v) is 6.45. The Morgan fingerprint density at radius 3 is 1.86 bits per heavy atom. The molecule has 0 radical (unpaired) electrons. The monoisotopic (exact) mass is 479 g/mol. The lowest BCUT2D eigenvalue weighted by molar-refractivity contribution is 0.152. The zero-order valence-corrected chi connectivity index (χ0v) is 21.6. The second-order valence-corrected chi connectivity index (χ2v) is 10.9. The first-order valence-corrected chi connectivity index (χ1v) is 13.7. The van der Waals surface area contributed by atoms with Gasteiger partial charge in [0.05, 0.1) is 17.1 Å². The second-order valence-electron chi connectivity index (χ2n) is 10.9. The number of fused-ring (bicyclic) bond motifs is 1. The molecular weight excluding hydrogens is 442 g/mol. The van der Waals surface area contributed by atoms with Gasteiger partial charge in [0.2, 0.25) is 0 Å². The van der Waals surface area contributed by atoms with E-state index in [1.54, 1.807) is 0 Å². The maximum atomic E-state index is 13.7. The highest BCUT2D eigenvalue weighted by Gasteiger charge is 2.31. The fourth-order valence-electron chi connectivity index (χ4n) is 6.45. The van der Waals surface area contributed by atoms with Crippen LogP contribution in [0.1, 0.15) is 66.4 Å². The molecule has 0 bridgehead atoms. The predicted molar refractivity (Wildman–Crippen MR) is 148 cm³/mol. The molecule has 4 heteroatoms. The van der Waals surface area contributed by atoms with Gasteiger partial charge >= 0.3 is 5.69 Å². The molecule has 1 saturated heterocycles. The molecule has 1 aliphatic heterocycles. The summed E-state index contributed by atoms with van der Waals surface area (Å²) in [4.78, 5) is 16.4. The minimum Gasteiger partial charge on any atom is -0.292 e. The highest BCUT2D eigenvalue weighted by atomic mass is 16.1. The van der Waals surface area contributed by atoms with E-state index in [-0.39, 0.29) is 17.8 Å². The lowest BCUT2D eigenvalue weighted by Gasteiger charge is -2.39. The maximum absolute atomic E-state index is 13.7. The molecule has 0 spiro atoms. The molecule has 4 nitrogen and oxygen atoms in total. The SMILES string of the molecule is Cc1ccccc1C(c1ccccc1C)N1CCC(n2c(=O)n(CC3CCC3)c3ccccc32)CC1. The molecule has 2 aliphatic rings. The van der Waals surface area contributed by atoms with E-state index in [0.29, 0.717) is 5.92 Å². The number of aromatic nitrogens is 2. The third-order valence-electron chi connectivity index (χ3n) is 8.73. The summed E-state index contributed by atoms with van der Waals surface area (Å²) in [6.07, 6.45) is 5.80. The van der Waals surface area contributed by atoms with Crippen LogP contribution in [0.25, 0.3) is 11.0 Å². The van der Waals surface area contributed by atoms with Gasteiger partial charge in [0.15, 0.2) is 0 Å². The quantitative estimate of drug-likeness (QED) is 0.310. The fraction of sp³-hybridized carbons (Fsp3) is 0.406. The number of nitrogens with zero attached hydrogens (tertiary/aromatic N) is 3. The van der Waals surface area contributed by atoms with Crippen LogP contribution in [0.15, 0.2) is 77.6 Å². The Labute approximate surface area is 214 Å². The summed E-state index contributed by atoms with van der Waals surface area (Å²) in [5.74, 6) is 0.660. The number of likely N-dealkylation sites (tertiary alicyclic amines) is 1. The number of aryl methyl sites for hydroxylation is 2. The van der Waals surface area contributed by atoms with E-state index in [1.165, 1.54) is 41.5 Å². The summed E-state index contributed by atoms with van der Waals surface area (Å²) in [5.41, 5.74) is 7.85. The number of imidazole rings is 1. The Hall–Kier alpha value is -3.11. The smallest absolute Gasteiger partial charge is 0.292 e. The summed E-state index contributed by atoms with van der Waals surface area (Å²) >= 11 is 0. The van der Waals surface area contributed by atoms with Gasteiger partial charge < -0.3 is 0 Å². The number of para-hydroxylation sites is 2. The number of piperidine rings is 1. The van der Waals surface area contributed by atoms with Crippen molar-refractivity contribution in [2.75, 3.05) is 13.1 Å². The van der Waals surface area contributed by atoms with Crippen molar-refractivity contribution in [2.45, 2.75) is 64.6 Å². The molecular formula is C32H37N3O. The summed E-state index contributed by atoms with van der Waals surface area (Å²) in [6.45, 7) is 7.28. The number of hydrogen-bond acceptors (Lipinski definition) is 2. The van der Waals surface area contributed by atoms with Crippen molar-refractivity contribution in [3.63, 3.8) is 0 Å². The maximum Gasteiger partial charge on any atom is 0.329 e. The van der Waals surface area contributed by atoms with Crippen LogP contribution in [0, 0.1) is 19.8 Å². The van der Waals surface area contributed by atoms with Crippen LogP contribution in [0.2, 0.25) is 0 Å². The van der Waals surface area contributed by atoms with Crippen LogP contribution in [-0.4, -0.2) is 27.1 Å². The van der Waals surface area contributed by atoms with Crippen LogP contribution in [-0.2, 0) is 6.54 Å². The molecule has 2 heterocycles. The van der Waals surface area contributed by atoms with Crippen molar-refractivity contribution in [1.29, 1.82) is 0 Å². The van der Waals surface area contributed by atoms with Gasteiger partial charge in [0.25, 0.3) is 0 Å². The number of benzene rings is 3. The average Bonchev–Trinajstić information content (AvgIpc) is 3.15. The second kappa shape index (κ2) is 9.74. The first-order chi connectivity index (χ1) is 17.6. The van der Waals surface area contributed by atoms with Gasteiger partial charge in [-0.25, -0.2) is 4.79 Å². The largest absolute Gasteiger partial charge is 0.329 e. The molecule has 6 rings (SSSR count). The molecule has 3 aromatic carbocycles. The minimum atomic E-state index is 0.191. The van der Waals surface area contributed by atoms with Gasteiger partial charge in [0, 0.05) is 25.7 Å². The van der Waals surface area contributed by atoms with E-state index >= 15 is 0 Å². The third kappa shape index (κ3) is 4.12. The Kier molecular flexibility index (Phi) is 6.30. The summed E-state index contributed by atoms with van der Waals surface area (Å²) in [6, 6.07) is 26.5. The Balaban J connectivity index is 1.31. The third-order valence-corrected chi connectivity index (χ3v) is 8.73. The van der Waals surface area contributed by atoms with Gasteiger partial charge in [-0.15, -0.1) is 0 Å². The molecule has 1 aromatic heterocycles. The van der Waals surface area contributed by atoms with Gasteiger partial charge in [-0.2, -0.15) is 0 Å². The predicted octanol–water partition coefficient (Wildman–Crippen LogP) is 6.65. The number of rotatable bonds is 6. The van der Waals surface area contributed by atoms with Crippen LogP contribution in [0.3, 0.4) is 0 Å². The molecule has 2 fully saturated rings. The van der Waals surface area contributed by atoms with Crippen molar-refractivity contribution >= 4 is 11.0 Å². The Morgan fingerprint density at radius 1 is 0.750 bits per heavy atom. The Bertz CT molecular complexity index is 1370. The van der Waals surface area contributed by atoms with Gasteiger partial charge in [-0.3, -0.25) is 14.0 Å². The van der Waals surface area contributed by atoms with Gasteiger partial charge in [-0.1, -0.05) is 67.1 Å². The lowest BCUT2D eigenvalue weighted by Crippen LogP contribution is -2.40. The van der Waals surface area contributed by atoms with Crippen LogP contribution < -0.4 is 5.69 Å². The first kappa shape index (κ1) is 23.3. The highest BCUT2D eigenvalue weighted by molar-refractivity contribution is 5.76. The topological polar surface area (TPSA) is 30.2 Å². The van der Waals surface area contributed by atoms with Crippen LogP contribution in [0.5, 0.6) is 0 Å². The molecule has 0 N–H and O–H groups in total. The van der Waals surface area contributed by atoms with E-state index in [4.69, 9.17) is 0 Å². The van der Waals surface area contributed by atoms with E-state index < -0.39 is 0 Å². The van der Waals surface area contributed by atoms with Gasteiger partial charge in [0.1, 0.15) is 0 Å². The first-order valence-electron chi connectivity index (χ1n) is 13.7. The summed E-state index contributed by atoms with van der Waals surface area (Å²) in [5, 5.41) is 0. The normalized spacial score (nSPS) is 17.6. The van der Waals surface area contributed by atoms with E-state index in [0.717, 1.165) is 43.5 Å². The molecule has 36 heavy (non-hydrogen) atoms. The molecule has 4 aromatic rings. The summed E-state index contributed by atoms with van der Waals surface area (Å²) in [7, 11) is 0. The molecule has 1 aliphatic carbocycles. The zero-order valence-electron chi connectivity index (χ0n) is 21.6. The van der Waals surface area contributed by atoms with Crippen molar-refractivity contribution < 1.29 is 0 Å². The van der Waals surface area contributed by atoms with E-state index in [2.05, 4.69) is 101 Å². The van der Waals surface area contributed by atoms with Crippen LogP contribution >= 0.6 is 0 Å². The van der Waals surface area contributed by atoms with Crippen molar-refractivity contribution in [3.8, 4) is 0 Å². The molecule has 0 unspecified atom stereocenters. The van der Waals surface area contributed by atoms with Gasteiger partial charge in [-0.05, 0) is 79.8 Å². The zero-order chi connectivity index (χ0) is 24.6.